The molecule has 0 saturated carbocycles. The molecule has 15 heavy (non-hydrogen) atoms. The molecule has 0 amide bonds. The van der Waals surface area contributed by atoms with Crippen molar-refractivity contribution in [3.05, 3.63) is 36.1 Å². The van der Waals surface area contributed by atoms with Crippen molar-refractivity contribution in [3.8, 4) is 5.88 Å². The summed E-state index contributed by atoms with van der Waals surface area (Å²) in [6, 6.07) is 2.82. The molecule has 2 rings (SSSR count). The number of carbonyl (C=O) groups is 2. The number of aromatic carboxylic acids is 1. The molecule has 0 aliphatic carbocycles. The van der Waals surface area contributed by atoms with Gasteiger partial charge in [-0.1, -0.05) is 0 Å². The number of carboxylic acids is 1. The average Bonchev–Trinajstić information content (AvgIpc) is 2.86. The Labute approximate surface area is 83.8 Å². The number of hydrogen-bond donors (Lipinski definition) is 1. The van der Waals surface area contributed by atoms with Crippen LogP contribution in [0.5, 0.6) is 0 Å². The van der Waals surface area contributed by atoms with E-state index in [-0.39, 0.29) is 11.5 Å². The minimum atomic E-state index is -1.14. The lowest BCUT2D eigenvalue weighted by Crippen LogP contribution is -1.92. The van der Waals surface area contributed by atoms with Crippen LogP contribution in [0.25, 0.3) is 5.88 Å². The van der Waals surface area contributed by atoms with E-state index in [1.54, 1.807) is 0 Å². The number of hydrogen-bond acceptors (Lipinski definition) is 4. The minimum absolute atomic E-state index is 0.161. The van der Waals surface area contributed by atoms with Crippen LogP contribution in [-0.4, -0.2) is 26.9 Å². The summed E-state index contributed by atoms with van der Waals surface area (Å²) in [5.41, 5.74) is 0.253. The fourth-order valence-corrected chi connectivity index (χ4v) is 1.10. The second-order valence-corrected chi connectivity index (χ2v) is 2.77. The van der Waals surface area contributed by atoms with E-state index in [2.05, 4.69) is 4.98 Å². The highest BCUT2D eigenvalue weighted by Gasteiger charge is 2.10. The molecule has 6 nitrogen and oxygen atoms in total. The zero-order chi connectivity index (χ0) is 10.8. The summed E-state index contributed by atoms with van der Waals surface area (Å²) in [7, 11) is 0. The molecule has 0 spiro atoms. The van der Waals surface area contributed by atoms with Crippen LogP contribution in [-0.2, 0) is 0 Å². The van der Waals surface area contributed by atoms with Gasteiger partial charge in [-0.2, -0.15) is 0 Å². The number of aromatic nitrogens is 2. The quantitative estimate of drug-likeness (QED) is 0.756. The SMILES string of the molecule is O=Cc1cn(-c2ccc(C(=O)O)o2)cn1. The monoisotopic (exact) mass is 206 g/mol. The second-order valence-electron chi connectivity index (χ2n) is 2.77. The topological polar surface area (TPSA) is 85.3 Å². The molecule has 0 unspecified atom stereocenters. The number of furan rings is 1. The average molecular weight is 206 g/mol. The maximum atomic E-state index is 10.5. The van der Waals surface area contributed by atoms with Crippen molar-refractivity contribution >= 4 is 12.3 Å². The van der Waals surface area contributed by atoms with Gasteiger partial charge in [0, 0.05) is 12.3 Å². The maximum absolute atomic E-state index is 10.5. The van der Waals surface area contributed by atoms with Gasteiger partial charge in [0.15, 0.2) is 6.29 Å². The third-order valence-electron chi connectivity index (χ3n) is 1.78. The van der Waals surface area contributed by atoms with E-state index < -0.39 is 5.97 Å². The molecule has 2 heterocycles. The van der Waals surface area contributed by atoms with E-state index in [4.69, 9.17) is 9.52 Å². The van der Waals surface area contributed by atoms with E-state index in [0.29, 0.717) is 12.2 Å². The summed E-state index contributed by atoms with van der Waals surface area (Å²) >= 11 is 0. The summed E-state index contributed by atoms with van der Waals surface area (Å²) in [6.07, 6.45) is 3.41. The summed E-state index contributed by atoms with van der Waals surface area (Å²) < 4.78 is 6.42. The summed E-state index contributed by atoms with van der Waals surface area (Å²) in [5, 5.41) is 8.62. The highest BCUT2D eigenvalue weighted by atomic mass is 16.4. The lowest BCUT2D eigenvalue weighted by molar-refractivity contribution is 0.0662. The third kappa shape index (κ3) is 1.64. The molecule has 0 saturated heterocycles. The first kappa shape index (κ1) is 9.20. The summed E-state index contributed by atoms with van der Waals surface area (Å²) in [5.74, 6) is -1.00. The first-order valence-electron chi connectivity index (χ1n) is 4.03. The molecule has 2 aromatic rings. The van der Waals surface area contributed by atoms with Crippen LogP contribution in [0, 0.1) is 0 Å². The Bertz CT molecular complexity index is 512. The van der Waals surface area contributed by atoms with Gasteiger partial charge < -0.3 is 9.52 Å². The van der Waals surface area contributed by atoms with Crippen LogP contribution in [0.2, 0.25) is 0 Å². The van der Waals surface area contributed by atoms with Crippen LogP contribution in [0.15, 0.2) is 29.1 Å². The van der Waals surface area contributed by atoms with Gasteiger partial charge >= 0.3 is 5.97 Å². The molecule has 1 N–H and O–H groups in total. The van der Waals surface area contributed by atoms with E-state index in [1.807, 2.05) is 0 Å². The Balaban J connectivity index is 2.36. The minimum Gasteiger partial charge on any atom is -0.475 e. The molecule has 0 atom stereocenters. The summed E-state index contributed by atoms with van der Waals surface area (Å²) in [4.78, 5) is 24.6. The number of carbonyl (C=O) groups excluding carboxylic acids is 1. The number of imidazole rings is 1. The van der Waals surface area contributed by atoms with Crippen LogP contribution < -0.4 is 0 Å². The van der Waals surface area contributed by atoms with Crippen LogP contribution in [0.3, 0.4) is 0 Å². The van der Waals surface area contributed by atoms with Gasteiger partial charge in [-0.05, 0) is 6.07 Å². The van der Waals surface area contributed by atoms with Crippen LogP contribution in [0.1, 0.15) is 21.0 Å². The third-order valence-corrected chi connectivity index (χ3v) is 1.78. The maximum Gasteiger partial charge on any atom is 0.371 e. The molecular weight excluding hydrogens is 200 g/mol. The van der Waals surface area contributed by atoms with Crippen molar-refractivity contribution in [2.75, 3.05) is 0 Å². The molecule has 0 aliphatic rings. The van der Waals surface area contributed by atoms with Crippen LogP contribution in [0.4, 0.5) is 0 Å². The lowest BCUT2D eigenvalue weighted by atomic mass is 10.4. The molecule has 0 aromatic carbocycles. The van der Waals surface area contributed by atoms with E-state index in [0.717, 1.165) is 0 Å². The van der Waals surface area contributed by atoms with Gasteiger partial charge in [0.25, 0.3) is 0 Å². The number of rotatable bonds is 3. The standard InChI is InChI=1S/C9H6N2O4/c12-4-6-3-11(5-10-6)8-2-1-7(15-8)9(13)14/h1-5H,(H,13,14). The zero-order valence-electron chi connectivity index (χ0n) is 7.45. The van der Waals surface area contributed by atoms with Gasteiger partial charge in [0.1, 0.15) is 12.0 Å². The van der Waals surface area contributed by atoms with Crippen molar-refractivity contribution in [2.45, 2.75) is 0 Å². The summed E-state index contributed by atoms with van der Waals surface area (Å²) in [6.45, 7) is 0. The Morgan fingerprint density at radius 1 is 1.53 bits per heavy atom. The van der Waals surface area contributed by atoms with Gasteiger partial charge in [-0.3, -0.25) is 9.36 Å². The Morgan fingerprint density at radius 3 is 2.87 bits per heavy atom. The Hall–Kier alpha value is -2.37. The molecule has 0 radical (unpaired) electrons. The predicted octanol–water partition coefficient (Wildman–Crippen LogP) is 0.976. The molecule has 0 fully saturated rings. The largest absolute Gasteiger partial charge is 0.475 e. The molecular formula is C9H6N2O4. The van der Waals surface area contributed by atoms with Gasteiger partial charge in [0.2, 0.25) is 11.6 Å². The predicted molar refractivity (Wildman–Crippen MR) is 48.2 cm³/mol. The lowest BCUT2D eigenvalue weighted by Gasteiger charge is -1.93. The number of carboxylic acid groups (broad SMARTS) is 1. The smallest absolute Gasteiger partial charge is 0.371 e. The zero-order valence-corrected chi connectivity index (χ0v) is 7.45. The molecule has 0 aliphatic heterocycles. The normalized spacial score (nSPS) is 10.1. The van der Waals surface area contributed by atoms with E-state index >= 15 is 0 Å². The van der Waals surface area contributed by atoms with Crippen molar-refractivity contribution in [1.29, 1.82) is 0 Å². The van der Waals surface area contributed by atoms with E-state index in [9.17, 15) is 9.59 Å². The van der Waals surface area contributed by atoms with Crippen LogP contribution >= 0.6 is 0 Å². The first-order chi connectivity index (χ1) is 7.20. The molecule has 2 aromatic heterocycles. The molecule has 76 valence electrons. The fourth-order valence-electron chi connectivity index (χ4n) is 1.10. The van der Waals surface area contributed by atoms with Crippen molar-refractivity contribution in [3.63, 3.8) is 0 Å². The Kier molecular flexibility index (Phi) is 2.09. The number of aldehydes is 1. The first-order valence-corrected chi connectivity index (χ1v) is 4.03. The highest BCUT2D eigenvalue weighted by molar-refractivity contribution is 5.84. The van der Waals surface area contributed by atoms with Gasteiger partial charge in [-0.15, -0.1) is 0 Å². The van der Waals surface area contributed by atoms with Crippen molar-refractivity contribution < 1.29 is 19.1 Å². The van der Waals surface area contributed by atoms with Crippen molar-refractivity contribution in [2.24, 2.45) is 0 Å². The van der Waals surface area contributed by atoms with Gasteiger partial charge in [0.05, 0.1) is 0 Å². The molecule has 6 heteroatoms. The number of nitrogens with zero attached hydrogens (tertiary/aromatic N) is 2. The van der Waals surface area contributed by atoms with E-state index in [1.165, 1.54) is 29.2 Å². The van der Waals surface area contributed by atoms with Crippen molar-refractivity contribution in [1.82, 2.24) is 9.55 Å². The molecule has 0 bridgehead atoms. The highest BCUT2D eigenvalue weighted by Crippen LogP contribution is 2.13. The Morgan fingerprint density at radius 2 is 2.33 bits per heavy atom. The second kappa shape index (κ2) is 3.41. The van der Waals surface area contributed by atoms with Gasteiger partial charge in [-0.25, -0.2) is 9.78 Å². The fraction of sp³-hybridized carbons (Fsp3) is 0.